The summed E-state index contributed by atoms with van der Waals surface area (Å²) in [6.45, 7) is 4.79. The van der Waals surface area contributed by atoms with Crippen molar-refractivity contribution in [2.45, 2.75) is 33.5 Å². The summed E-state index contributed by atoms with van der Waals surface area (Å²) in [5, 5.41) is 1.66. The fraction of sp³-hybridized carbons (Fsp3) is 0.250. The minimum atomic E-state index is -4.66. The second-order valence-electron chi connectivity index (χ2n) is 6.90. The molecule has 5 nitrogen and oxygen atoms in total. The molecule has 31 heavy (non-hydrogen) atoms. The summed E-state index contributed by atoms with van der Waals surface area (Å²) in [6, 6.07) is 4.18. The van der Waals surface area contributed by atoms with Gasteiger partial charge in [-0.05, 0) is 37.1 Å². The Morgan fingerprint density at radius 2 is 1.87 bits per heavy atom. The maximum Gasteiger partial charge on any atom is 0.417 e. The number of pyridine rings is 1. The van der Waals surface area contributed by atoms with Crippen LogP contribution in [0.5, 0.6) is 0 Å². The number of hydrogen-bond acceptors (Lipinski definition) is 4. The lowest BCUT2D eigenvalue weighted by Crippen LogP contribution is -2.25. The van der Waals surface area contributed by atoms with Crippen molar-refractivity contribution >= 4 is 51.3 Å². The number of aromatic nitrogens is 2. The van der Waals surface area contributed by atoms with Gasteiger partial charge in [0.1, 0.15) is 5.02 Å². The van der Waals surface area contributed by atoms with Gasteiger partial charge in [0.15, 0.2) is 5.13 Å². The zero-order valence-corrected chi connectivity index (χ0v) is 18.9. The number of hydrogen-bond donors (Lipinski definition) is 0. The van der Waals surface area contributed by atoms with Crippen molar-refractivity contribution in [3.63, 3.8) is 0 Å². The molecule has 1 aromatic carbocycles. The third kappa shape index (κ3) is 4.94. The largest absolute Gasteiger partial charge is 0.417 e. The summed E-state index contributed by atoms with van der Waals surface area (Å²) in [5.41, 5.74) is 0.642. The van der Waals surface area contributed by atoms with E-state index in [-0.39, 0.29) is 17.6 Å². The molecule has 0 aliphatic rings. The Hall–Kier alpha value is -2.36. The molecular weight excluding hydrogens is 474 g/mol. The molecule has 0 fully saturated rings. The monoisotopic (exact) mass is 489 g/mol. The molecule has 0 radical (unpaired) electrons. The molecule has 0 aliphatic heterocycles. The van der Waals surface area contributed by atoms with Crippen molar-refractivity contribution < 1.29 is 18.0 Å². The minimum absolute atomic E-state index is 0.245. The Kier molecular flexibility index (Phi) is 6.50. The summed E-state index contributed by atoms with van der Waals surface area (Å²) < 4.78 is 40.0. The van der Waals surface area contributed by atoms with E-state index in [1.165, 1.54) is 11.8 Å². The number of amides is 1. The standard InChI is InChI=1S/C20H16Cl2F3N3O2S/c1-10-4-11(2)17(15(21)5-10)28(12(3)29)19-26-14(9-31-19)8-27-7-13(20(23,24)25)6-16(22)18(27)30/h4-7,9H,8H2,1-3H3. The molecule has 0 saturated carbocycles. The van der Waals surface area contributed by atoms with Gasteiger partial charge in [-0.25, -0.2) is 4.98 Å². The van der Waals surface area contributed by atoms with Gasteiger partial charge in [0.05, 0.1) is 28.5 Å². The molecule has 0 atom stereocenters. The number of nitrogens with zero attached hydrogens (tertiary/aromatic N) is 3. The normalized spacial score (nSPS) is 11.6. The number of rotatable bonds is 4. The smallest absolute Gasteiger partial charge is 0.308 e. The number of anilines is 2. The van der Waals surface area contributed by atoms with E-state index in [1.54, 1.807) is 11.4 Å². The fourth-order valence-electron chi connectivity index (χ4n) is 3.10. The van der Waals surface area contributed by atoms with Crippen LogP contribution in [0.25, 0.3) is 0 Å². The number of halogens is 5. The maximum atomic E-state index is 13.1. The number of thiazole rings is 1. The number of carbonyl (C=O) groups is 1. The van der Waals surface area contributed by atoms with Crippen LogP contribution in [0.4, 0.5) is 24.0 Å². The van der Waals surface area contributed by atoms with Crippen LogP contribution in [0.2, 0.25) is 10.0 Å². The van der Waals surface area contributed by atoms with Crippen LogP contribution in [0.1, 0.15) is 29.3 Å². The summed E-state index contributed by atoms with van der Waals surface area (Å²) >= 11 is 13.2. The number of benzene rings is 1. The maximum absolute atomic E-state index is 13.1. The van der Waals surface area contributed by atoms with E-state index in [2.05, 4.69) is 4.98 Å². The highest BCUT2D eigenvalue weighted by Crippen LogP contribution is 2.37. The first-order valence-electron chi connectivity index (χ1n) is 8.87. The lowest BCUT2D eigenvalue weighted by atomic mass is 10.1. The Balaban J connectivity index is 2.01. The van der Waals surface area contributed by atoms with Gasteiger partial charge in [0.25, 0.3) is 5.56 Å². The quantitative estimate of drug-likeness (QED) is 0.452. The topological polar surface area (TPSA) is 55.2 Å². The van der Waals surface area contributed by atoms with Crippen LogP contribution < -0.4 is 10.5 Å². The van der Waals surface area contributed by atoms with E-state index in [0.717, 1.165) is 27.0 Å². The first-order chi connectivity index (χ1) is 14.4. The zero-order chi connectivity index (χ0) is 23.1. The molecule has 0 spiro atoms. The summed E-state index contributed by atoms with van der Waals surface area (Å²) in [4.78, 5) is 30.3. The molecule has 2 aromatic heterocycles. The van der Waals surface area contributed by atoms with Gasteiger partial charge in [0.2, 0.25) is 5.91 Å². The Bertz CT molecular complexity index is 1200. The average molecular weight is 490 g/mol. The molecule has 3 rings (SSSR count). The third-order valence-corrected chi connectivity index (χ3v) is 5.80. The van der Waals surface area contributed by atoms with Crippen LogP contribution in [0, 0.1) is 13.8 Å². The van der Waals surface area contributed by atoms with Crippen molar-refractivity contribution in [2.75, 3.05) is 4.90 Å². The second kappa shape index (κ2) is 8.64. The van der Waals surface area contributed by atoms with E-state index >= 15 is 0 Å². The minimum Gasteiger partial charge on any atom is -0.308 e. The van der Waals surface area contributed by atoms with Gasteiger partial charge in [-0.3, -0.25) is 14.5 Å². The molecule has 0 aliphatic carbocycles. The molecule has 2 heterocycles. The van der Waals surface area contributed by atoms with Crippen molar-refractivity contribution in [1.82, 2.24) is 9.55 Å². The molecule has 11 heteroatoms. The highest BCUT2D eigenvalue weighted by Gasteiger charge is 2.32. The SMILES string of the molecule is CC(=O)N(c1nc(Cn2cc(C(F)(F)F)cc(Cl)c2=O)cs1)c1c(C)cc(C)cc1Cl. The zero-order valence-electron chi connectivity index (χ0n) is 16.6. The predicted octanol–water partition coefficient (Wildman–Crippen LogP) is 5.98. The van der Waals surface area contributed by atoms with Gasteiger partial charge < -0.3 is 4.57 Å². The van der Waals surface area contributed by atoms with E-state index in [1.807, 2.05) is 19.9 Å². The van der Waals surface area contributed by atoms with E-state index in [4.69, 9.17) is 23.2 Å². The third-order valence-electron chi connectivity index (χ3n) is 4.37. The van der Waals surface area contributed by atoms with Crippen LogP contribution in [0.15, 0.2) is 34.6 Å². The van der Waals surface area contributed by atoms with Crippen LogP contribution >= 0.6 is 34.5 Å². The Morgan fingerprint density at radius 1 is 1.19 bits per heavy atom. The van der Waals surface area contributed by atoms with E-state index < -0.39 is 22.3 Å². The van der Waals surface area contributed by atoms with Gasteiger partial charge in [-0.2, -0.15) is 13.2 Å². The lowest BCUT2D eigenvalue weighted by Gasteiger charge is -2.22. The molecular formula is C20H16Cl2F3N3O2S. The van der Waals surface area contributed by atoms with Gasteiger partial charge in [0, 0.05) is 18.5 Å². The lowest BCUT2D eigenvalue weighted by molar-refractivity contribution is -0.138. The molecule has 164 valence electrons. The molecule has 0 saturated heterocycles. The van der Waals surface area contributed by atoms with E-state index in [0.29, 0.717) is 28.7 Å². The van der Waals surface area contributed by atoms with Gasteiger partial charge in [-0.1, -0.05) is 29.3 Å². The molecule has 1 amide bonds. The molecule has 0 unspecified atom stereocenters. The number of alkyl halides is 3. The number of aryl methyl sites for hydroxylation is 2. The van der Waals surface area contributed by atoms with Gasteiger partial charge in [-0.15, -0.1) is 11.3 Å². The molecule has 0 N–H and O–H groups in total. The summed E-state index contributed by atoms with van der Waals surface area (Å²) in [7, 11) is 0. The van der Waals surface area contributed by atoms with E-state index in [9.17, 15) is 22.8 Å². The Morgan fingerprint density at radius 3 is 2.45 bits per heavy atom. The average Bonchev–Trinajstić information content (AvgIpc) is 3.08. The number of carbonyl (C=O) groups excluding carboxylic acids is 1. The Labute approximate surface area is 189 Å². The van der Waals surface area contributed by atoms with Crippen LogP contribution in [0.3, 0.4) is 0 Å². The van der Waals surface area contributed by atoms with Crippen LogP contribution in [-0.4, -0.2) is 15.5 Å². The van der Waals surface area contributed by atoms with Crippen molar-refractivity contribution in [1.29, 1.82) is 0 Å². The predicted molar refractivity (Wildman–Crippen MR) is 116 cm³/mol. The van der Waals surface area contributed by atoms with Crippen molar-refractivity contribution in [3.8, 4) is 0 Å². The highest BCUT2D eigenvalue weighted by atomic mass is 35.5. The van der Waals surface area contributed by atoms with Crippen molar-refractivity contribution in [2.24, 2.45) is 0 Å². The van der Waals surface area contributed by atoms with Crippen LogP contribution in [-0.2, 0) is 17.5 Å². The van der Waals surface area contributed by atoms with Gasteiger partial charge >= 0.3 is 6.18 Å². The van der Waals surface area contributed by atoms with Crippen molar-refractivity contribution in [3.05, 3.63) is 72.6 Å². The molecule has 3 aromatic rings. The summed E-state index contributed by atoms with van der Waals surface area (Å²) in [5.74, 6) is -0.339. The molecule has 0 bridgehead atoms. The second-order valence-corrected chi connectivity index (χ2v) is 8.55. The fourth-order valence-corrected chi connectivity index (χ4v) is 4.59. The first-order valence-corrected chi connectivity index (χ1v) is 10.5. The highest BCUT2D eigenvalue weighted by molar-refractivity contribution is 7.14. The summed E-state index contributed by atoms with van der Waals surface area (Å²) in [6.07, 6.45) is -3.96. The first kappa shape index (κ1) is 23.3.